The fourth-order valence-corrected chi connectivity index (χ4v) is 3.25. The zero-order chi connectivity index (χ0) is 23.8. The number of carboxylic acid groups (broad SMARTS) is 1. The number of ether oxygens (including phenoxy) is 1. The molecule has 0 aliphatic heterocycles. The van der Waals surface area contributed by atoms with Gasteiger partial charge in [0.15, 0.2) is 6.61 Å². The number of aliphatic carboxylic acids is 1. The van der Waals surface area contributed by atoms with Gasteiger partial charge in [-0.2, -0.15) is 0 Å². The molecule has 1 aromatic carbocycles. The van der Waals surface area contributed by atoms with Gasteiger partial charge in [-0.1, -0.05) is 27.2 Å². The van der Waals surface area contributed by atoms with Crippen LogP contribution in [0.25, 0.3) is 11.0 Å². The van der Waals surface area contributed by atoms with Gasteiger partial charge in [0.2, 0.25) is 5.91 Å². The van der Waals surface area contributed by atoms with E-state index in [9.17, 15) is 19.2 Å². The van der Waals surface area contributed by atoms with Crippen LogP contribution in [0.15, 0.2) is 27.4 Å². The molecule has 0 saturated heterocycles. The highest BCUT2D eigenvalue weighted by molar-refractivity contribution is 5.88. The molecule has 0 aliphatic carbocycles. The lowest BCUT2D eigenvalue weighted by Gasteiger charge is -2.18. The first-order chi connectivity index (χ1) is 15.1. The molecule has 0 spiro atoms. The van der Waals surface area contributed by atoms with Crippen molar-refractivity contribution in [2.45, 2.75) is 53.0 Å². The zero-order valence-electron chi connectivity index (χ0n) is 18.8. The smallest absolute Gasteiger partial charge is 0.336 e. The molecule has 3 N–H and O–H groups in total. The third-order valence-electron chi connectivity index (χ3n) is 5.05. The summed E-state index contributed by atoms with van der Waals surface area (Å²) >= 11 is 0. The van der Waals surface area contributed by atoms with Crippen LogP contribution in [-0.2, 0) is 20.8 Å². The van der Waals surface area contributed by atoms with Crippen molar-refractivity contribution in [2.75, 3.05) is 13.2 Å². The molecule has 0 radical (unpaired) electrons. The molecule has 0 fully saturated rings. The van der Waals surface area contributed by atoms with E-state index in [0.717, 1.165) is 30.2 Å². The Bertz CT molecular complexity index is 1040. The van der Waals surface area contributed by atoms with Crippen molar-refractivity contribution in [3.63, 3.8) is 0 Å². The van der Waals surface area contributed by atoms with Crippen molar-refractivity contribution in [3.05, 3.63) is 39.7 Å². The van der Waals surface area contributed by atoms with Crippen molar-refractivity contribution in [1.82, 2.24) is 10.6 Å². The summed E-state index contributed by atoms with van der Waals surface area (Å²) < 4.78 is 10.9. The Labute approximate surface area is 186 Å². The predicted molar refractivity (Wildman–Crippen MR) is 119 cm³/mol. The largest absolute Gasteiger partial charge is 0.483 e. The molecule has 1 atom stereocenters. The van der Waals surface area contributed by atoms with E-state index in [1.165, 1.54) is 6.07 Å². The molecule has 32 heavy (non-hydrogen) atoms. The molecular weight excluding hydrogens is 416 g/mol. The van der Waals surface area contributed by atoms with Gasteiger partial charge < -0.3 is 24.9 Å². The van der Waals surface area contributed by atoms with Gasteiger partial charge in [-0.3, -0.25) is 9.59 Å². The number of hydrogen-bond donors (Lipinski definition) is 3. The van der Waals surface area contributed by atoms with Gasteiger partial charge in [-0.05, 0) is 43.4 Å². The summed E-state index contributed by atoms with van der Waals surface area (Å²) in [6.07, 6.45) is 2.72. The predicted octanol–water partition coefficient (Wildman–Crippen LogP) is 2.16. The normalized spacial score (nSPS) is 11.9. The number of fused-ring (bicyclic) bond motifs is 1. The summed E-state index contributed by atoms with van der Waals surface area (Å²) in [5.41, 5.74) is 1.50. The fourth-order valence-electron chi connectivity index (χ4n) is 3.25. The van der Waals surface area contributed by atoms with Gasteiger partial charge in [0, 0.05) is 17.0 Å². The first-order valence-electron chi connectivity index (χ1n) is 10.6. The summed E-state index contributed by atoms with van der Waals surface area (Å²) in [5, 5.41) is 14.7. The molecule has 1 heterocycles. The van der Waals surface area contributed by atoms with E-state index in [1.807, 2.05) is 0 Å². The molecule has 2 aromatic rings. The first kappa shape index (κ1) is 24.9. The molecular formula is C23H30N2O7. The number of benzene rings is 1. The molecule has 174 valence electrons. The van der Waals surface area contributed by atoms with Crippen LogP contribution >= 0.6 is 0 Å². The Kier molecular flexibility index (Phi) is 8.80. The van der Waals surface area contributed by atoms with Crippen LogP contribution in [0.2, 0.25) is 0 Å². The van der Waals surface area contributed by atoms with Crippen LogP contribution in [0, 0.1) is 12.8 Å². The van der Waals surface area contributed by atoms with Gasteiger partial charge in [-0.25, -0.2) is 9.59 Å². The lowest BCUT2D eigenvalue weighted by atomic mass is 10.0. The van der Waals surface area contributed by atoms with Gasteiger partial charge in [0.05, 0.1) is 6.54 Å². The topological polar surface area (TPSA) is 135 Å². The third kappa shape index (κ3) is 6.57. The number of amides is 2. The minimum absolute atomic E-state index is 0.297. The number of carboxylic acids is 1. The van der Waals surface area contributed by atoms with Gasteiger partial charge >= 0.3 is 11.6 Å². The third-order valence-corrected chi connectivity index (χ3v) is 5.05. The number of nitrogens with one attached hydrogen (secondary N) is 2. The monoisotopic (exact) mass is 446 g/mol. The van der Waals surface area contributed by atoms with E-state index in [1.54, 1.807) is 32.9 Å². The Morgan fingerprint density at radius 2 is 1.91 bits per heavy atom. The second-order valence-electron chi connectivity index (χ2n) is 7.95. The van der Waals surface area contributed by atoms with Crippen molar-refractivity contribution in [2.24, 2.45) is 5.92 Å². The SMILES string of the molecule is CCCCc1cc(=O)oc2c(C)c(OCC(=O)NCC(=O)N[C@@H](C(=O)O)C(C)C)ccc12. The van der Waals surface area contributed by atoms with Crippen molar-refractivity contribution < 1.29 is 28.6 Å². The second-order valence-corrected chi connectivity index (χ2v) is 7.95. The Balaban J connectivity index is 2.00. The van der Waals surface area contributed by atoms with Crippen LogP contribution < -0.4 is 21.0 Å². The van der Waals surface area contributed by atoms with E-state index >= 15 is 0 Å². The van der Waals surface area contributed by atoms with Gasteiger partial charge in [0.25, 0.3) is 5.91 Å². The highest BCUT2D eigenvalue weighted by Gasteiger charge is 2.23. The van der Waals surface area contributed by atoms with Crippen LogP contribution in [0.1, 0.15) is 44.7 Å². The number of unbranched alkanes of at least 4 members (excludes halogenated alkanes) is 1. The highest BCUT2D eigenvalue weighted by Crippen LogP contribution is 2.29. The minimum atomic E-state index is -1.14. The van der Waals surface area contributed by atoms with E-state index < -0.39 is 29.5 Å². The van der Waals surface area contributed by atoms with E-state index in [-0.39, 0.29) is 19.1 Å². The van der Waals surface area contributed by atoms with Crippen molar-refractivity contribution >= 4 is 28.8 Å². The Morgan fingerprint density at radius 3 is 2.53 bits per heavy atom. The lowest BCUT2D eigenvalue weighted by molar-refractivity contribution is -0.143. The molecule has 0 unspecified atom stereocenters. The molecule has 0 bridgehead atoms. The average Bonchev–Trinajstić information content (AvgIpc) is 2.73. The maximum Gasteiger partial charge on any atom is 0.336 e. The van der Waals surface area contributed by atoms with Gasteiger partial charge in [-0.15, -0.1) is 0 Å². The van der Waals surface area contributed by atoms with Crippen molar-refractivity contribution in [3.8, 4) is 5.75 Å². The van der Waals surface area contributed by atoms with E-state index in [0.29, 0.717) is 16.9 Å². The standard InChI is InChI=1S/C23H30N2O7/c1-5-6-7-15-10-20(28)32-22-14(4)17(9-8-16(15)22)31-12-19(27)24-11-18(26)25-21(13(2)3)23(29)30/h8-10,13,21H,5-7,11-12H2,1-4H3,(H,24,27)(H,25,26)(H,29,30)/t21-/m1/s1. The van der Waals surface area contributed by atoms with Crippen LogP contribution in [0.5, 0.6) is 5.75 Å². The maximum atomic E-state index is 12.1. The summed E-state index contributed by atoms with van der Waals surface area (Å²) in [4.78, 5) is 47.1. The van der Waals surface area contributed by atoms with E-state index in [2.05, 4.69) is 17.6 Å². The Hall–Kier alpha value is -3.36. The van der Waals surface area contributed by atoms with Crippen molar-refractivity contribution in [1.29, 1.82) is 0 Å². The van der Waals surface area contributed by atoms with Crippen LogP contribution in [0.3, 0.4) is 0 Å². The number of carbonyl (C=O) groups is 3. The maximum absolute atomic E-state index is 12.1. The summed E-state index contributed by atoms with van der Waals surface area (Å²) in [7, 11) is 0. The fraction of sp³-hybridized carbons (Fsp3) is 0.478. The summed E-state index contributed by atoms with van der Waals surface area (Å²) in [6.45, 7) is 6.44. The quantitative estimate of drug-likeness (QED) is 0.450. The van der Waals surface area contributed by atoms with Crippen LogP contribution in [0.4, 0.5) is 0 Å². The Morgan fingerprint density at radius 1 is 1.19 bits per heavy atom. The highest BCUT2D eigenvalue weighted by atomic mass is 16.5. The molecule has 9 heteroatoms. The molecule has 1 aromatic heterocycles. The number of rotatable bonds is 11. The molecule has 0 saturated carbocycles. The van der Waals surface area contributed by atoms with E-state index in [4.69, 9.17) is 14.3 Å². The first-order valence-corrected chi connectivity index (χ1v) is 10.6. The number of carbonyl (C=O) groups excluding carboxylic acids is 2. The molecule has 0 aliphatic rings. The molecule has 2 rings (SSSR count). The average molecular weight is 447 g/mol. The number of hydrogen-bond acceptors (Lipinski definition) is 6. The lowest BCUT2D eigenvalue weighted by Crippen LogP contribution is -2.48. The molecule has 9 nitrogen and oxygen atoms in total. The summed E-state index contributed by atoms with van der Waals surface area (Å²) in [5.74, 6) is -2.20. The summed E-state index contributed by atoms with van der Waals surface area (Å²) in [6, 6.07) is 3.99. The van der Waals surface area contributed by atoms with Gasteiger partial charge in [0.1, 0.15) is 17.4 Å². The number of aryl methyl sites for hydroxylation is 2. The minimum Gasteiger partial charge on any atom is -0.483 e. The second kappa shape index (κ2) is 11.3. The zero-order valence-corrected chi connectivity index (χ0v) is 18.8. The molecule has 2 amide bonds. The van der Waals surface area contributed by atoms with Crippen LogP contribution in [-0.4, -0.2) is 42.1 Å².